The molecule has 1 fully saturated rings. The molecule has 1 amide bonds. The molecule has 0 bridgehead atoms. The van der Waals surface area contributed by atoms with Crippen molar-refractivity contribution in [1.29, 1.82) is 0 Å². The maximum absolute atomic E-state index is 12.1. The standard InChI is InChI=1S/C20H21N5O/c26-20-13-18(16-7-3-1-4-8-16)24(12-11-21-20)14-19-22-15-23-25(19)17-9-5-2-6-10-17/h1-10,15,18H,11-14H2,(H,21,26). The second-order valence-corrected chi connectivity index (χ2v) is 6.37. The Labute approximate surface area is 152 Å². The first-order valence-electron chi connectivity index (χ1n) is 8.81. The van der Waals surface area contributed by atoms with Crippen LogP contribution in [0.1, 0.15) is 23.9 Å². The lowest BCUT2D eigenvalue weighted by atomic mass is 10.0. The Hall–Kier alpha value is -2.99. The summed E-state index contributed by atoms with van der Waals surface area (Å²) in [6, 6.07) is 20.2. The van der Waals surface area contributed by atoms with Crippen LogP contribution in [0.2, 0.25) is 0 Å². The van der Waals surface area contributed by atoms with Crippen LogP contribution in [-0.4, -0.2) is 38.7 Å². The zero-order valence-electron chi connectivity index (χ0n) is 14.5. The number of carbonyl (C=O) groups is 1. The third kappa shape index (κ3) is 3.50. The number of aromatic nitrogens is 3. The summed E-state index contributed by atoms with van der Waals surface area (Å²) >= 11 is 0. The Kier molecular flexibility index (Phi) is 4.75. The molecule has 1 aliphatic heterocycles. The molecule has 1 aliphatic rings. The Morgan fingerprint density at radius 2 is 1.77 bits per heavy atom. The van der Waals surface area contributed by atoms with Gasteiger partial charge in [0, 0.05) is 25.6 Å². The molecule has 26 heavy (non-hydrogen) atoms. The summed E-state index contributed by atoms with van der Waals surface area (Å²) in [6.07, 6.45) is 2.03. The van der Waals surface area contributed by atoms with Crippen molar-refractivity contribution in [2.45, 2.75) is 19.0 Å². The molecule has 0 aliphatic carbocycles. The van der Waals surface area contributed by atoms with Crippen molar-refractivity contribution in [3.05, 3.63) is 78.4 Å². The van der Waals surface area contributed by atoms with Crippen molar-refractivity contribution < 1.29 is 4.79 Å². The van der Waals surface area contributed by atoms with Gasteiger partial charge in [0.05, 0.1) is 12.2 Å². The van der Waals surface area contributed by atoms with Crippen molar-refractivity contribution in [3.8, 4) is 5.69 Å². The molecule has 0 radical (unpaired) electrons. The molecule has 4 rings (SSSR count). The van der Waals surface area contributed by atoms with Gasteiger partial charge in [-0.05, 0) is 17.7 Å². The first-order chi connectivity index (χ1) is 12.8. The van der Waals surface area contributed by atoms with E-state index in [4.69, 9.17) is 0 Å². The highest BCUT2D eigenvalue weighted by Gasteiger charge is 2.27. The maximum atomic E-state index is 12.1. The average molecular weight is 347 g/mol. The smallest absolute Gasteiger partial charge is 0.221 e. The molecule has 3 aromatic rings. The highest BCUT2D eigenvalue weighted by molar-refractivity contribution is 5.77. The average Bonchev–Trinajstić information content (AvgIpc) is 3.07. The van der Waals surface area contributed by atoms with Crippen molar-refractivity contribution in [2.24, 2.45) is 0 Å². The summed E-state index contributed by atoms with van der Waals surface area (Å²) in [6.45, 7) is 2.04. The molecule has 6 heteroatoms. The molecule has 0 saturated carbocycles. The molecular weight excluding hydrogens is 326 g/mol. The lowest BCUT2D eigenvalue weighted by Gasteiger charge is -2.29. The topological polar surface area (TPSA) is 63.1 Å². The minimum Gasteiger partial charge on any atom is -0.355 e. The summed E-state index contributed by atoms with van der Waals surface area (Å²) < 4.78 is 1.86. The zero-order chi connectivity index (χ0) is 17.8. The zero-order valence-corrected chi connectivity index (χ0v) is 14.5. The van der Waals surface area contributed by atoms with Gasteiger partial charge in [-0.25, -0.2) is 9.67 Å². The van der Waals surface area contributed by atoms with E-state index in [2.05, 4.69) is 32.4 Å². The molecular formula is C20H21N5O. The van der Waals surface area contributed by atoms with Gasteiger partial charge in [0.15, 0.2) is 0 Å². The highest BCUT2D eigenvalue weighted by atomic mass is 16.1. The van der Waals surface area contributed by atoms with Gasteiger partial charge in [-0.2, -0.15) is 5.10 Å². The minimum absolute atomic E-state index is 0.0274. The van der Waals surface area contributed by atoms with E-state index in [0.717, 1.165) is 23.6 Å². The molecule has 1 unspecified atom stereocenters. The number of hydrogen-bond donors (Lipinski definition) is 1. The molecule has 0 spiro atoms. The number of carbonyl (C=O) groups excluding carboxylic acids is 1. The van der Waals surface area contributed by atoms with Gasteiger partial charge in [-0.3, -0.25) is 9.69 Å². The maximum Gasteiger partial charge on any atom is 0.221 e. The second-order valence-electron chi connectivity index (χ2n) is 6.37. The third-order valence-corrected chi connectivity index (χ3v) is 4.69. The SMILES string of the molecule is O=C1CC(c2ccccc2)N(Cc2ncnn2-c2ccccc2)CCN1. The molecule has 1 N–H and O–H groups in total. The van der Waals surface area contributed by atoms with Crippen LogP contribution in [0.4, 0.5) is 0 Å². The molecule has 6 nitrogen and oxygen atoms in total. The van der Waals surface area contributed by atoms with E-state index < -0.39 is 0 Å². The van der Waals surface area contributed by atoms with Crippen LogP contribution in [-0.2, 0) is 11.3 Å². The van der Waals surface area contributed by atoms with E-state index in [-0.39, 0.29) is 11.9 Å². The summed E-state index contributed by atoms with van der Waals surface area (Å²) in [7, 11) is 0. The summed E-state index contributed by atoms with van der Waals surface area (Å²) in [5.41, 5.74) is 2.13. The van der Waals surface area contributed by atoms with Gasteiger partial charge < -0.3 is 5.32 Å². The number of nitrogens with one attached hydrogen (secondary N) is 1. The number of rotatable bonds is 4. The van der Waals surface area contributed by atoms with Gasteiger partial charge in [0.1, 0.15) is 12.2 Å². The van der Waals surface area contributed by atoms with Gasteiger partial charge in [0.25, 0.3) is 0 Å². The van der Waals surface area contributed by atoms with E-state index >= 15 is 0 Å². The normalized spacial score (nSPS) is 18.3. The van der Waals surface area contributed by atoms with Crippen molar-refractivity contribution in [3.63, 3.8) is 0 Å². The lowest BCUT2D eigenvalue weighted by molar-refractivity contribution is -0.121. The summed E-state index contributed by atoms with van der Waals surface area (Å²) in [5, 5.41) is 7.36. The Bertz CT molecular complexity index is 862. The monoisotopic (exact) mass is 347 g/mol. The van der Waals surface area contributed by atoms with E-state index in [0.29, 0.717) is 19.5 Å². The van der Waals surface area contributed by atoms with E-state index in [1.165, 1.54) is 0 Å². The summed E-state index contributed by atoms with van der Waals surface area (Å²) in [5.74, 6) is 0.956. The number of amides is 1. The number of para-hydroxylation sites is 1. The molecule has 1 aromatic heterocycles. The largest absolute Gasteiger partial charge is 0.355 e. The van der Waals surface area contributed by atoms with Crippen LogP contribution < -0.4 is 5.32 Å². The van der Waals surface area contributed by atoms with Crippen LogP contribution in [0.3, 0.4) is 0 Å². The number of benzene rings is 2. The highest BCUT2D eigenvalue weighted by Crippen LogP contribution is 2.27. The fraction of sp³-hybridized carbons (Fsp3) is 0.250. The number of nitrogens with zero attached hydrogens (tertiary/aromatic N) is 4. The van der Waals surface area contributed by atoms with Crippen LogP contribution in [0.25, 0.3) is 5.69 Å². The predicted octanol–water partition coefficient (Wildman–Crippen LogP) is 2.33. The van der Waals surface area contributed by atoms with Gasteiger partial charge >= 0.3 is 0 Å². The molecule has 132 valence electrons. The molecule has 1 atom stereocenters. The minimum atomic E-state index is 0.0274. The fourth-order valence-corrected chi connectivity index (χ4v) is 3.40. The van der Waals surface area contributed by atoms with Crippen LogP contribution in [0.5, 0.6) is 0 Å². The molecule has 1 saturated heterocycles. The van der Waals surface area contributed by atoms with Crippen molar-refractivity contribution >= 4 is 5.91 Å². The second kappa shape index (κ2) is 7.49. The lowest BCUT2D eigenvalue weighted by Crippen LogP contribution is -2.31. The molecule has 2 heterocycles. The fourth-order valence-electron chi connectivity index (χ4n) is 3.40. The molecule has 2 aromatic carbocycles. The summed E-state index contributed by atoms with van der Waals surface area (Å²) in [4.78, 5) is 18.9. The quantitative estimate of drug-likeness (QED) is 0.787. The first kappa shape index (κ1) is 16.5. The Balaban J connectivity index is 1.63. The van der Waals surface area contributed by atoms with Crippen LogP contribution >= 0.6 is 0 Å². The van der Waals surface area contributed by atoms with E-state index in [9.17, 15) is 4.79 Å². The van der Waals surface area contributed by atoms with Crippen molar-refractivity contribution in [2.75, 3.05) is 13.1 Å². The van der Waals surface area contributed by atoms with Gasteiger partial charge in [-0.15, -0.1) is 0 Å². The third-order valence-electron chi connectivity index (χ3n) is 4.69. The van der Waals surface area contributed by atoms with E-state index in [1.54, 1.807) is 6.33 Å². The van der Waals surface area contributed by atoms with Crippen LogP contribution in [0, 0.1) is 0 Å². The van der Waals surface area contributed by atoms with Crippen molar-refractivity contribution in [1.82, 2.24) is 25.0 Å². The Morgan fingerprint density at radius 3 is 2.54 bits per heavy atom. The van der Waals surface area contributed by atoms with Crippen LogP contribution in [0.15, 0.2) is 67.0 Å². The van der Waals surface area contributed by atoms with Gasteiger partial charge in [-0.1, -0.05) is 48.5 Å². The predicted molar refractivity (Wildman–Crippen MR) is 98.6 cm³/mol. The van der Waals surface area contributed by atoms with E-state index in [1.807, 2.05) is 53.2 Å². The Morgan fingerprint density at radius 1 is 1.04 bits per heavy atom. The first-order valence-corrected chi connectivity index (χ1v) is 8.81. The van der Waals surface area contributed by atoms with Gasteiger partial charge in [0.2, 0.25) is 5.91 Å². The number of hydrogen-bond acceptors (Lipinski definition) is 4.